The van der Waals surface area contributed by atoms with Gasteiger partial charge in [-0.15, -0.1) is 0 Å². The van der Waals surface area contributed by atoms with Crippen LogP contribution in [0.15, 0.2) is 12.3 Å². The van der Waals surface area contributed by atoms with Gasteiger partial charge < -0.3 is 22.2 Å². The van der Waals surface area contributed by atoms with Crippen LogP contribution in [-0.4, -0.2) is 23.8 Å². The highest BCUT2D eigenvalue weighted by molar-refractivity contribution is 6.04. The summed E-state index contributed by atoms with van der Waals surface area (Å²) in [6, 6.07) is 1.63. The quantitative estimate of drug-likeness (QED) is 0.574. The molecular formula is C13H25N5. The van der Waals surface area contributed by atoms with Crippen LogP contribution < -0.4 is 16.8 Å². The van der Waals surface area contributed by atoms with Crippen LogP contribution >= 0.6 is 0 Å². The highest BCUT2D eigenvalue weighted by atomic mass is 14.9. The smallest absolute Gasteiger partial charge is 0.134 e. The third-order valence-corrected chi connectivity index (χ3v) is 2.34. The monoisotopic (exact) mass is 251 g/mol. The lowest BCUT2D eigenvalue weighted by atomic mass is 10.1. The molecule has 1 aliphatic rings. The van der Waals surface area contributed by atoms with E-state index in [1.54, 1.807) is 13.0 Å². The number of hydrogen-bond donors (Lipinski definition) is 4. The number of anilines is 2. The topological polar surface area (TPSA) is 101 Å². The first kappa shape index (κ1) is 16.4. The molecule has 0 bridgehead atoms. The molecule has 1 saturated heterocycles. The number of pyridine rings is 1. The van der Waals surface area contributed by atoms with Crippen LogP contribution in [0.3, 0.4) is 0 Å². The molecule has 1 aliphatic heterocycles. The number of nitrogens with zero attached hydrogens (tertiary/aromatic N) is 1. The average Bonchev–Trinajstić information content (AvgIpc) is 2.89. The molecule has 0 atom stereocenters. The minimum absolute atomic E-state index is 0.317. The summed E-state index contributed by atoms with van der Waals surface area (Å²) in [4.78, 5) is 3.82. The zero-order valence-electron chi connectivity index (χ0n) is 11.6. The highest BCUT2D eigenvalue weighted by Crippen LogP contribution is 2.16. The fourth-order valence-corrected chi connectivity index (χ4v) is 1.53. The SMILES string of the molecule is C1CCNC1.CC.CC(=N)c1c(N)ccnc1N. The summed E-state index contributed by atoms with van der Waals surface area (Å²) in [6.07, 6.45) is 4.30. The van der Waals surface area contributed by atoms with Crippen molar-refractivity contribution in [1.29, 1.82) is 5.41 Å². The molecule has 0 unspecified atom stereocenters. The lowest BCUT2D eigenvalue weighted by molar-refractivity contribution is 0.857. The van der Waals surface area contributed by atoms with Gasteiger partial charge in [0.25, 0.3) is 0 Å². The summed E-state index contributed by atoms with van der Waals surface area (Å²) in [5, 5.41) is 10.5. The zero-order valence-corrected chi connectivity index (χ0v) is 11.6. The summed E-state index contributed by atoms with van der Waals surface area (Å²) in [5.41, 5.74) is 12.4. The van der Waals surface area contributed by atoms with Crippen molar-refractivity contribution in [3.63, 3.8) is 0 Å². The molecular weight excluding hydrogens is 226 g/mol. The summed E-state index contributed by atoms with van der Waals surface area (Å²) in [6.45, 7) is 8.13. The molecule has 1 aromatic heterocycles. The lowest BCUT2D eigenvalue weighted by Crippen LogP contribution is -2.05. The molecule has 5 heteroatoms. The molecule has 6 N–H and O–H groups in total. The van der Waals surface area contributed by atoms with E-state index < -0.39 is 0 Å². The second kappa shape index (κ2) is 9.41. The van der Waals surface area contributed by atoms with E-state index in [0.717, 1.165) is 0 Å². The number of aromatic nitrogens is 1. The summed E-state index contributed by atoms with van der Waals surface area (Å²) >= 11 is 0. The van der Waals surface area contributed by atoms with Crippen LogP contribution in [-0.2, 0) is 0 Å². The summed E-state index contributed by atoms with van der Waals surface area (Å²) < 4.78 is 0. The summed E-state index contributed by atoms with van der Waals surface area (Å²) in [5.74, 6) is 0.317. The Hall–Kier alpha value is -1.62. The predicted octanol–water partition coefficient (Wildman–Crippen LogP) is 2.03. The molecule has 0 aliphatic carbocycles. The molecule has 0 amide bonds. The first-order chi connectivity index (χ1) is 8.63. The van der Waals surface area contributed by atoms with Gasteiger partial charge in [0.1, 0.15) is 5.82 Å². The third kappa shape index (κ3) is 5.63. The van der Waals surface area contributed by atoms with E-state index in [1.165, 1.54) is 32.1 Å². The van der Waals surface area contributed by atoms with Gasteiger partial charge in [0.15, 0.2) is 0 Å². The Morgan fingerprint density at radius 2 is 1.83 bits per heavy atom. The van der Waals surface area contributed by atoms with Gasteiger partial charge in [0.05, 0.1) is 5.56 Å². The summed E-state index contributed by atoms with van der Waals surface area (Å²) in [7, 11) is 0. The van der Waals surface area contributed by atoms with Gasteiger partial charge in [-0.05, 0) is 38.9 Å². The molecule has 5 nitrogen and oxygen atoms in total. The minimum Gasteiger partial charge on any atom is -0.398 e. The second-order valence-corrected chi connectivity index (χ2v) is 3.74. The number of rotatable bonds is 1. The van der Waals surface area contributed by atoms with Crippen molar-refractivity contribution < 1.29 is 0 Å². The Morgan fingerprint density at radius 1 is 1.28 bits per heavy atom. The van der Waals surface area contributed by atoms with E-state index in [0.29, 0.717) is 22.8 Å². The van der Waals surface area contributed by atoms with Crippen LogP contribution in [0.4, 0.5) is 11.5 Å². The van der Waals surface area contributed by atoms with Crippen LogP contribution in [0.25, 0.3) is 0 Å². The maximum atomic E-state index is 7.32. The van der Waals surface area contributed by atoms with E-state index in [1.807, 2.05) is 13.8 Å². The number of nitrogens with two attached hydrogens (primary N) is 2. The largest absolute Gasteiger partial charge is 0.398 e. The molecule has 0 aromatic carbocycles. The molecule has 2 heterocycles. The molecule has 1 aromatic rings. The Labute approximate surface area is 109 Å². The van der Waals surface area contributed by atoms with E-state index in [4.69, 9.17) is 16.9 Å². The Bertz CT molecular complexity index is 331. The van der Waals surface area contributed by atoms with E-state index in [2.05, 4.69) is 10.3 Å². The standard InChI is InChI=1S/C7H10N4.C4H9N.C2H6/c1-4(8)6-5(9)2-3-11-7(6)10;1-2-4-5-3-1;1-2/h2-3,8H,1H3,(H4,9,10,11);5H,1-4H2;1-2H3. The molecule has 2 rings (SSSR count). The zero-order chi connectivity index (χ0) is 14.0. The second-order valence-electron chi connectivity index (χ2n) is 3.74. The van der Waals surface area contributed by atoms with Gasteiger partial charge in [-0.3, -0.25) is 0 Å². The maximum absolute atomic E-state index is 7.32. The van der Waals surface area contributed by atoms with Crippen molar-refractivity contribution >= 4 is 17.2 Å². The van der Waals surface area contributed by atoms with Crippen LogP contribution in [0.2, 0.25) is 0 Å². The third-order valence-electron chi connectivity index (χ3n) is 2.34. The molecule has 1 fully saturated rings. The molecule has 18 heavy (non-hydrogen) atoms. The van der Waals surface area contributed by atoms with Crippen molar-refractivity contribution in [3.8, 4) is 0 Å². The van der Waals surface area contributed by atoms with Crippen molar-refractivity contribution in [1.82, 2.24) is 10.3 Å². The van der Waals surface area contributed by atoms with E-state index >= 15 is 0 Å². The first-order valence-corrected chi connectivity index (χ1v) is 6.39. The van der Waals surface area contributed by atoms with Crippen molar-refractivity contribution in [3.05, 3.63) is 17.8 Å². The lowest BCUT2D eigenvalue weighted by Gasteiger charge is -2.04. The Balaban J connectivity index is 0.000000343. The van der Waals surface area contributed by atoms with Crippen LogP contribution in [0.1, 0.15) is 39.2 Å². The van der Waals surface area contributed by atoms with Gasteiger partial charge in [-0.25, -0.2) is 4.98 Å². The Morgan fingerprint density at radius 3 is 2.11 bits per heavy atom. The molecule has 0 radical (unpaired) electrons. The normalized spacial score (nSPS) is 12.8. The predicted molar refractivity (Wildman–Crippen MR) is 79.0 cm³/mol. The van der Waals surface area contributed by atoms with E-state index in [9.17, 15) is 0 Å². The number of hydrogen-bond acceptors (Lipinski definition) is 5. The van der Waals surface area contributed by atoms with Gasteiger partial charge in [0.2, 0.25) is 0 Å². The molecule has 0 saturated carbocycles. The van der Waals surface area contributed by atoms with Crippen molar-refractivity contribution in [2.24, 2.45) is 0 Å². The Kier molecular flexibility index (Phi) is 8.57. The first-order valence-electron chi connectivity index (χ1n) is 6.39. The van der Waals surface area contributed by atoms with E-state index in [-0.39, 0.29) is 0 Å². The maximum Gasteiger partial charge on any atom is 0.134 e. The van der Waals surface area contributed by atoms with Gasteiger partial charge in [0, 0.05) is 17.6 Å². The van der Waals surface area contributed by atoms with Crippen LogP contribution in [0, 0.1) is 5.41 Å². The van der Waals surface area contributed by atoms with Gasteiger partial charge in [-0.1, -0.05) is 13.8 Å². The average molecular weight is 251 g/mol. The van der Waals surface area contributed by atoms with Gasteiger partial charge in [-0.2, -0.15) is 0 Å². The number of nitrogen functional groups attached to an aromatic ring is 2. The van der Waals surface area contributed by atoms with Crippen molar-refractivity contribution in [2.75, 3.05) is 24.6 Å². The fraction of sp³-hybridized carbons (Fsp3) is 0.538. The van der Waals surface area contributed by atoms with Gasteiger partial charge >= 0.3 is 0 Å². The fourth-order valence-electron chi connectivity index (χ4n) is 1.53. The van der Waals surface area contributed by atoms with Crippen LogP contribution in [0.5, 0.6) is 0 Å². The molecule has 0 spiro atoms. The van der Waals surface area contributed by atoms with Crippen molar-refractivity contribution in [2.45, 2.75) is 33.6 Å². The number of nitrogens with one attached hydrogen (secondary N) is 2. The highest BCUT2D eigenvalue weighted by Gasteiger charge is 2.05. The molecule has 102 valence electrons. The minimum atomic E-state index is 0.317.